The fourth-order valence-electron chi connectivity index (χ4n) is 1.52. The summed E-state index contributed by atoms with van der Waals surface area (Å²) in [6.07, 6.45) is 4.75. The summed E-state index contributed by atoms with van der Waals surface area (Å²) in [7, 11) is -3.59. The van der Waals surface area contributed by atoms with E-state index >= 15 is 0 Å². The summed E-state index contributed by atoms with van der Waals surface area (Å²) in [4.78, 5) is 8.01. The first-order valence-corrected chi connectivity index (χ1v) is 7.07. The van der Waals surface area contributed by atoms with Crippen LogP contribution < -0.4 is 0 Å². The predicted octanol–water partition coefficient (Wildman–Crippen LogP) is 1.54. The van der Waals surface area contributed by atoms with Gasteiger partial charge >= 0.3 is 0 Å². The molecule has 1 unspecified atom stereocenters. The van der Waals surface area contributed by atoms with Crippen molar-refractivity contribution in [3.8, 4) is 0 Å². The molecule has 94 valence electrons. The van der Waals surface area contributed by atoms with Crippen LogP contribution in [0.15, 0.2) is 48.9 Å². The minimum atomic E-state index is -3.59. The van der Waals surface area contributed by atoms with Gasteiger partial charge in [0.05, 0.1) is 18.1 Å². The quantitative estimate of drug-likeness (QED) is 0.783. The van der Waals surface area contributed by atoms with Gasteiger partial charge in [-0.05, 0) is 5.56 Å². The fraction of sp³-hybridized carbons (Fsp3) is 0.167. The van der Waals surface area contributed by atoms with Gasteiger partial charge in [0.25, 0.3) is 10.1 Å². The van der Waals surface area contributed by atoms with E-state index in [2.05, 4.69) is 9.97 Å². The van der Waals surface area contributed by atoms with Crippen LogP contribution in [0, 0.1) is 0 Å². The summed E-state index contributed by atoms with van der Waals surface area (Å²) in [6, 6.07) is 9.03. The molecule has 1 atom stereocenters. The average Bonchev–Trinajstić information content (AvgIpc) is 2.37. The smallest absolute Gasteiger partial charge is 0.261 e. The van der Waals surface area contributed by atoms with E-state index in [0.717, 1.165) is 6.26 Å². The first-order valence-electron chi connectivity index (χ1n) is 5.25. The van der Waals surface area contributed by atoms with Gasteiger partial charge in [-0.3, -0.25) is 14.2 Å². The third-order valence-corrected chi connectivity index (χ3v) is 2.77. The maximum Gasteiger partial charge on any atom is 0.265 e. The highest BCUT2D eigenvalue weighted by molar-refractivity contribution is 7.86. The van der Waals surface area contributed by atoms with Gasteiger partial charge in [-0.15, -0.1) is 0 Å². The molecule has 0 aliphatic rings. The highest BCUT2D eigenvalue weighted by atomic mass is 32.2. The molecule has 0 spiro atoms. The Morgan fingerprint density at radius 1 is 1.17 bits per heavy atom. The molecule has 5 nitrogen and oxygen atoms in total. The minimum absolute atomic E-state index is 0.453. The van der Waals surface area contributed by atoms with Crippen molar-refractivity contribution in [2.45, 2.75) is 6.10 Å². The van der Waals surface area contributed by atoms with E-state index in [1.165, 1.54) is 18.6 Å². The highest BCUT2D eigenvalue weighted by Crippen LogP contribution is 2.25. The van der Waals surface area contributed by atoms with Gasteiger partial charge in [-0.2, -0.15) is 8.42 Å². The Morgan fingerprint density at radius 3 is 2.44 bits per heavy atom. The van der Waals surface area contributed by atoms with Crippen LogP contribution in [-0.2, 0) is 14.3 Å². The van der Waals surface area contributed by atoms with Gasteiger partial charge in [0.2, 0.25) is 0 Å². The molecule has 2 aromatic rings. The molecule has 0 radical (unpaired) electrons. The topological polar surface area (TPSA) is 69.2 Å². The zero-order valence-electron chi connectivity index (χ0n) is 9.72. The largest absolute Gasteiger partial charge is 0.265 e. The number of hydrogen-bond acceptors (Lipinski definition) is 5. The first-order chi connectivity index (χ1) is 8.56. The Morgan fingerprint density at radius 2 is 1.89 bits per heavy atom. The summed E-state index contributed by atoms with van der Waals surface area (Å²) in [5.41, 5.74) is 1.16. The van der Waals surface area contributed by atoms with Gasteiger partial charge in [0, 0.05) is 12.4 Å². The molecule has 1 heterocycles. The molecule has 1 aromatic heterocycles. The van der Waals surface area contributed by atoms with Crippen molar-refractivity contribution >= 4 is 10.1 Å². The molecule has 0 fully saturated rings. The summed E-state index contributed by atoms with van der Waals surface area (Å²) in [6.45, 7) is 0. The second-order valence-electron chi connectivity index (χ2n) is 3.72. The van der Waals surface area contributed by atoms with Crippen molar-refractivity contribution in [2.75, 3.05) is 6.26 Å². The minimum Gasteiger partial charge on any atom is -0.261 e. The van der Waals surface area contributed by atoms with Crippen LogP contribution >= 0.6 is 0 Å². The third kappa shape index (κ3) is 3.35. The molecule has 18 heavy (non-hydrogen) atoms. The summed E-state index contributed by atoms with van der Waals surface area (Å²) >= 11 is 0. The summed E-state index contributed by atoms with van der Waals surface area (Å²) in [5, 5.41) is 0. The molecule has 0 bridgehead atoms. The lowest BCUT2D eigenvalue weighted by molar-refractivity contribution is 0.251. The lowest BCUT2D eigenvalue weighted by atomic mass is 10.1. The Hall–Kier alpha value is -1.79. The SMILES string of the molecule is CS(=O)(=O)OC(c1ccccc1)c1cnccn1. The van der Waals surface area contributed by atoms with E-state index < -0.39 is 16.2 Å². The average molecular weight is 264 g/mol. The zero-order valence-corrected chi connectivity index (χ0v) is 10.5. The van der Waals surface area contributed by atoms with Crippen LogP contribution in [0.2, 0.25) is 0 Å². The molecular formula is C12H12N2O3S. The van der Waals surface area contributed by atoms with Crippen molar-refractivity contribution in [3.63, 3.8) is 0 Å². The van der Waals surface area contributed by atoms with E-state index in [1.54, 1.807) is 12.1 Å². The normalized spacial score (nSPS) is 13.2. The Balaban J connectivity index is 2.42. The molecular weight excluding hydrogens is 252 g/mol. The summed E-state index contributed by atoms with van der Waals surface area (Å²) < 4.78 is 27.7. The number of aromatic nitrogens is 2. The number of benzene rings is 1. The fourth-order valence-corrected chi connectivity index (χ4v) is 2.08. The maximum absolute atomic E-state index is 11.3. The van der Waals surface area contributed by atoms with Gasteiger partial charge < -0.3 is 0 Å². The monoisotopic (exact) mass is 264 g/mol. The Bertz CT molecular complexity index is 560. The number of nitrogens with zero attached hydrogens (tertiary/aromatic N) is 2. The van der Waals surface area contributed by atoms with Crippen molar-refractivity contribution in [3.05, 3.63) is 60.2 Å². The Labute approximate surface area is 106 Å². The molecule has 2 rings (SSSR count). The van der Waals surface area contributed by atoms with Crippen molar-refractivity contribution in [1.82, 2.24) is 9.97 Å². The molecule has 0 aliphatic heterocycles. The van der Waals surface area contributed by atoms with Gasteiger partial charge in [-0.25, -0.2) is 0 Å². The number of rotatable bonds is 4. The predicted molar refractivity (Wildman–Crippen MR) is 66.2 cm³/mol. The van der Waals surface area contributed by atoms with Crippen molar-refractivity contribution < 1.29 is 12.6 Å². The van der Waals surface area contributed by atoms with E-state index in [-0.39, 0.29) is 0 Å². The van der Waals surface area contributed by atoms with E-state index in [0.29, 0.717) is 11.3 Å². The van der Waals surface area contributed by atoms with Crippen LogP contribution in [0.4, 0.5) is 0 Å². The first kappa shape index (κ1) is 12.7. The molecule has 0 aliphatic carbocycles. The lowest BCUT2D eigenvalue weighted by Crippen LogP contribution is -2.13. The van der Waals surface area contributed by atoms with E-state index in [4.69, 9.17) is 4.18 Å². The van der Waals surface area contributed by atoms with E-state index in [1.807, 2.05) is 18.2 Å². The third-order valence-electron chi connectivity index (χ3n) is 2.23. The lowest BCUT2D eigenvalue weighted by Gasteiger charge is -2.15. The van der Waals surface area contributed by atoms with Crippen molar-refractivity contribution in [2.24, 2.45) is 0 Å². The van der Waals surface area contributed by atoms with E-state index in [9.17, 15) is 8.42 Å². The second kappa shape index (κ2) is 5.24. The number of hydrogen-bond donors (Lipinski definition) is 0. The van der Waals surface area contributed by atoms with Crippen LogP contribution in [0.3, 0.4) is 0 Å². The summed E-state index contributed by atoms with van der Waals surface area (Å²) in [5.74, 6) is 0. The molecule has 0 saturated heterocycles. The molecule has 0 amide bonds. The molecule has 0 saturated carbocycles. The zero-order chi connectivity index (χ0) is 13.0. The standard InChI is InChI=1S/C12H12N2O3S/c1-18(15,16)17-12(10-5-3-2-4-6-10)11-9-13-7-8-14-11/h2-9,12H,1H3. The Kier molecular flexibility index (Phi) is 3.69. The second-order valence-corrected chi connectivity index (χ2v) is 5.32. The molecule has 6 heteroatoms. The van der Waals surface area contributed by atoms with Crippen LogP contribution in [0.25, 0.3) is 0 Å². The van der Waals surface area contributed by atoms with Gasteiger partial charge in [-0.1, -0.05) is 30.3 Å². The highest BCUT2D eigenvalue weighted by Gasteiger charge is 2.21. The molecule has 1 aromatic carbocycles. The van der Waals surface area contributed by atoms with Crippen molar-refractivity contribution in [1.29, 1.82) is 0 Å². The van der Waals surface area contributed by atoms with Crippen LogP contribution in [-0.4, -0.2) is 24.6 Å². The van der Waals surface area contributed by atoms with Crippen LogP contribution in [0.1, 0.15) is 17.4 Å². The molecule has 0 N–H and O–H groups in total. The van der Waals surface area contributed by atoms with Gasteiger partial charge in [0.1, 0.15) is 6.10 Å². The van der Waals surface area contributed by atoms with Gasteiger partial charge in [0.15, 0.2) is 0 Å². The van der Waals surface area contributed by atoms with Crippen LogP contribution in [0.5, 0.6) is 0 Å². The maximum atomic E-state index is 11.3.